The summed E-state index contributed by atoms with van der Waals surface area (Å²) >= 11 is 0. The van der Waals surface area contributed by atoms with Gasteiger partial charge in [-0.25, -0.2) is 15.0 Å². The number of hydrogen-bond donors (Lipinski definition) is 0. The maximum Gasteiger partial charge on any atom is 0.166 e. The van der Waals surface area contributed by atoms with Crippen molar-refractivity contribution in [2.45, 2.75) is 0 Å². The largest absolute Gasteiger partial charge is 0.309 e. The molecule has 5 heteroatoms. The Morgan fingerprint density at radius 3 is 1.12 bits per heavy atom. The molecule has 0 aliphatic rings. The van der Waals surface area contributed by atoms with Crippen LogP contribution in [0.25, 0.3) is 100 Å². The lowest BCUT2D eigenvalue weighted by Crippen LogP contribution is -2.06. The van der Waals surface area contributed by atoms with E-state index in [0.29, 0.717) is 17.5 Å². The lowest BCUT2D eigenvalue weighted by molar-refractivity contribution is 1.06. The van der Waals surface area contributed by atoms with E-state index in [-0.39, 0.29) is 0 Å². The van der Waals surface area contributed by atoms with Gasteiger partial charge in [0.25, 0.3) is 0 Å². The van der Waals surface area contributed by atoms with Crippen LogP contribution in [0.5, 0.6) is 0 Å². The molecule has 0 aliphatic heterocycles. The molecule has 262 valence electrons. The highest BCUT2D eigenvalue weighted by atomic mass is 15.1. The average molecular weight is 716 g/mol. The third-order valence-corrected chi connectivity index (χ3v) is 10.8. The van der Waals surface area contributed by atoms with E-state index in [2.05, 4.69) is 173 Å². The van der Waals surface area contributed by atoms with Crippen LogP contribution < -0.4 is 0 Å². The van der Waals surface area contributed by atoms with Crippen molar-refractivity contribution in [2.24, 2.45) is 0 Å². The SMILES string of the molecule is c1ccc(-c2nc(-c3ccccc3)nc(-c3c(-c4ccccc4-n4c5ccccc5c5ccccc54)cccc3-n3c4ccccc4c4ccccc43)n2)cc1. The Morgan fingerprint density at radius 2 is 0.625 bits per heavy atom. The van der Waals surface area contributed by atoms with E-state index in [4.69, 9.17) is 15.0 Å². The zero-order valence-electron chi connectivity index (χ0n) is 30.3. The Bertz CT molecular complexity index is 3090. The van der Waals surface area contributed by atoms with E-state index in [1.165, 1.54) is 21.5 Å². The van der Waals surface area contributed by atoms with Crippen molar-refractivity contribution in [1.29, 1.82) is 0 Å². The highest BCUT2D eigenvalue weighted by molar-refractivity contribution is 6.11. The van der Waals surface area contributed by atoms with Gasteiger partial charge in [-0.2, -0.15) is 0 Å². The first-order valence-electron chi connectivity index (χ1n) is 18.9. The standard InChI is InChI=1S/C51H33N5/c1-3-18-34(19-4-1)49-52-50(35-20-5-2-6-21-35)54-51(53-49)48-41(27-17-33-47(48)56-44-30-14-9-24-38(44)39-25-10-15-31-45(39)56)40-26-11-16-32-46(40)55-42-28-12-7-22-36(42)37-23-8-13-29-43(37)55/h1-33H. The smallest absolute Gasteiger partial charge is 0.166 e. The van der Waals surface area contributed by atoms with E-state index in [0.717, 1.165) is 61.3 Å². The minimum absolute atomic E-state index is 0.599. The fourth-order valence-electron chi connectivity index (χ4n) is 8.37. The Labute approximate surface area is 323 Å². The van der Waals surface area contributed by atoms with Gasteiger partial charge in [-0.15, -0.1) is 0 Å². The first kappa shape index (κ1) is 31.9. The number of hydrogen-bond acceptors (Lipinski definition) is 3. The van der Waals surface area contributed by atoms with Gasteiger partial charge >= 0.3 is 0 Å². The van der Waals surface area contributed by atoms with Crippen molar-refractivity contribution in [3.63, 3.8) is 0 Å². The fraction of sp³-hybridized carbons (Fsp3) is 0. The topological polar surface area (TPSA) is 48.5 Å². The molecule has 0 spiro atoms. The molecule has 0 bridgehead atoms. The summed E-state index contributed by atoms with van der Waals surface area (Å²) in [6.07, 6.45) is 0. The molecule has 0 amide bonds. The lowest BCUT2D eigenvalue weighted by Gasteiger charge is -2.20. The highest BCUT2D eigenvalue weighted by Crippen LogP contribution is 2.43. The van der Waals surface area contributed by atoms with Gasteiger partial charge in [-0.1, -0.05) is 164 Å². The molecule has 56 heavy (non-hydrogen) atoms. The van der Waals surface area contributed by atoms with Gasteiger partial charge in [0.1, 0.15) is 0 Å². The minimum Gasteiger partial charge on any atom is -0.309 e. The lowest BCUT2D eigenvalue weighted by atomic mass is 9.95. The van der Waals surface area contributed by atoms with Gasteiger partial charge in [0.15, 0.2) is 17.5 Å². The zero-order valence-corrected chi connectivity index (χ0v) is 30.3. The van der Waals surface area contributed by atoms with Crippen LogP contribution in [0.15, 0.2) is 200 Å². The number of nitrogens with zero attached hydrogens (tertiary/aromatic N) is 5. The summed E-state index contributed by atoms with van der Waals surface area (Å²) in [7, 11) is 0. The van der Waals surface area contributed by atoms with Crippen LogP contribution in [0.4, 0.5) is 0 Å². The van der Waals surface area contributed by atoms with Crippen molar-refractivity contribution in [1.82, 2.24) is 24.1 Å². The molecule has 0 aliphatic carbocycles. The number of aromatic nitrogens is 5. The van der Waals surface area contributed by atoms with Crippen LogP contribution in [0.3, 0.4) is 0 Å². The summed E-state index contributed by atoms with van der Waals surface area (Å²) in [5.41, 5.74) is 11.5. The van der Waals surface area contributed by atoms with Crippen molar-refractivity contribution >= 4 is 43.6 Å². The van der Waals surface area contributed by atoms with Crippen LogP contribution in [0, 0.1) is 0 Å². The minimum atomic E-state index is 0.599. The van der Waals surface area contributed by atoms with Crippen molar-refractivity contribution < 1.29 is 0 Å². The molecule has 3 heterocycles. The Hall–Kier alpha value is -7.63. The van der Waals surface area contributed by atoms with Gasteiger partial charge in [-0.05, 0) is 42.0 Å². The molecule has 11 rings (SSSR count). The van der Waals surface area contributed by atoms with Crippen LogP contribution in [-0.2, 0) is 0 Å². The van der Waals surface area contributed by atoms with Gasteiger partial charge in [0.05, 0.1) is 39.0 Å². The molecule has 8 aromatic carbocycles. The van der Waals surface area contributed by atoms with Gasteiger partial charge in [0.2, 0.25) is 0 Å². The first-order chi connectivity index (χ1) is 27.8. The predicted molar refractivity (Wildman–Crippen MR) is 230 cm³/mol. The molecule has 11 aromatic rings. The Balaban J connectivity index is 1.28. The molecule has 0 radical (unpaired) electrons. The second-order valence-electron chi connectivity index (χ2n) is 14.0. The summed E-state index contributed by atoms with van der Waals surface area (Å²) in [6, 6.07) is 70.3. The number of rotatable bonds is 6. The summed E-state index contributed by atoms with van der Waals surface area (Å²) in [4.78, 5) is 15.8. The number of benzene rings is 8. The van der Waals surface area contributed by atoms with E-state index in [1.54, 1.807) is 0 Å². The third kappa shape index (κ3) is 5.06. The molecule has 0 atom stereocenters. The number of fused-ring (bicyclic) bond motifs is 6. The third-order valence-electron chi connectivity index (χ3n) is 10.8. The molecule has 0 fully saturated rings. The maximum absolute atomic E-state index is 5.37. The fourth-order valence-corrected chi connectivity index (χ4v) is 8.37. The quantitative estimate of drug-likeness (QED) is 0.172. The van der Waals surface area contributed by atoms with E-state index in [1.807, 2.05) is 36.4 Å². The average Bonchev–Trinajstić information content (AvgIpc) is 3.79. The molecule has 0 N–H and O–H groups in total. The summed E-state index contributed by atoms with van der Waals surface area (Å²) in [5, 5.41) is 4.82. The molecular weight excluding hydrogens is 683 g/mol. The molecular formula is C51H33N5. The van der Waals surface area contributed by atoms with E-state index < -0.39 is 0 Å². The molecule has 3 aromatic heterocycles. The number of para-hydroxylation sites is 5. The second-order valence-corrected chi connectivity index (χ2v) is 14.0. The van der Waals surface area contributed by atoms with Crippen LogP contribution in [0.2, 0.25) is 0 Å². The van der Waals surface area contributed by atoms with E-state index in [9.17, 15) is 0 Å². The molecule has 0 saturated carbocycles. The molecule has 5 nitrogen and oxygen atoms in total. The van der Waals surface area contributed by atoms with Gasteiger partial charge in [0, 0.05) is 38.2 Å². The summed E-state index contributed by atoms with van der Waals surface area (Å²) in [5.74, 6) is 1.84. The van der Waals surface area contributed by atoms with Crippen LogP contribution in [-0.4, -0.2) is 24.1 Å². The monoisotopic (exact) mass is 715 g/mol. The molecule has 0 saturated heterocycles. The normalized spacial score (nSPS) is 11.6. The first-order valence-corrected chi connectivity index (χ1v) is 18.9. The van der Waals surface area contributed by atoms with Crippen molar-refractivity contribution in [2.75, 3.05) is 0 Å². The van der Waals surface area contributed by atoms with E-state index >= 15 is 0 Å². The van der Waals surface area contributed by atoms with Crippen molar-refractivity contribution in [3.8, 4) is 56.7 Å². The second kappa shape index (κ2) is 13.0. The summed E-state index contributed by atoms with van der Waals surface area (Å²) in [6.45, 7) is 0. The van der Waals surface area contributed by atoms with Gasteiger partial charge < -0.3 is 9.13 Å². The van der Waals surface area contributed by atoms with Gasteiger partial charge in [-0.3, -0.25) is 0 Å². The van der Waals surface area contributed by atoms with Crippen LogP contribution >= 0.6 is 0 Å². The summed E-state index contributed by atoms with van der Waals surface area (Å²) < 4.78 is 4.77. The zero-order chi connectivity index (χ0) is 37.0. The highest BCUT2D eigenvalue weighted by Gasteiger charge is 2.24. The Morgan fingerprint density at radius 1 is 0.268 bits per heavy atom. The Kier molecular flexibility index (Phi) is 7.42. The molecule has 0 unspecified atom stereocenters. The maximum atomic E-state index is 5.37. The predicted octanol–water partition coefficient (Wildman–Crippen LogP) is 12.7. The van der Waals surface area contributed by atoms with Crippen LogP contribution in [0.1, 0.15) is 0 Å². The van der Waals surface area contributed by atoms with Crippen molar-refractivity contribution in [3.05, 3.63) is 200 Å².